The molecule has 3 aromatic heterocycles. The molecule has 3 nitrogen and oxygen atoms in total. The van der Waals surface area contributed by atoms with E-state index in [1.54, 1.807) is 0 Å². The number of fused-ring (bicyclic) bond motifs is 9. The molecule has 0 aliphatic carbocycles. The molecule has 0 N–H and O–H groups in total. The van der Waals surface area contributed by atoms with Gasteiger partial charge in [0.05, 0.1) is 27.8 Å². The van der Waals surface area contributed by atoms with E-state index in [1.807, 2.05) is 0 Å². The molecule has 0 aliphatic rings. The summed E-state index contributed by atoms with van der Waals surface area (Å²) in [5.74, 6) is 0.896. The minimum Gasteiger partial charge on any atom is -0.308 e. The zero-order valence-corrected chi connectivity index (χ0v) is 29.4. The monoisotopic (exact) mass is 687 g/mol. The predicted octanol–water partition coefficient (Wildman–Crippen LogP) is 13.4. The molecule has 0 spiro atoms. The van der Waals surface area contributed by atoms with Crippen molar-refractivity contribution in [3.63, 3.8) is 0 Å². The van der Waals surface area contributed by atoms with Gasteiger partial charge >= 0.3 is 0 Å². The van der Waals surface area contributed by atoms with Crippen LogP contribution >= 0.6 is 0 Å². The third kappa shape index (κ3) is 4.72. The second-order valence-electron chi connectivity index (χ2n) is 14.0. The Morgan fingerprint density at radius 2 is 0.833 bits per heavy atom. The molecule has 0 unspecified atom stereocenters. The molecule has 0 atom stereocenters. The summed E-state index contributed by atoms with van der Waals surface area (Å²) in [7, 11) is 0. The van der Waals surface area contributed by atoms with Crippen LogP contribution in [0.1, 0.15) is 0 Å². The minimum atomic E-state index is 0.896. The fourth-order valence-electron chi connectivity index (χ4n) is 8.47. The van der Waals surface area contributed by atoms with Crippen molar-refractivity contribution in [3.05, 3.63) is 200 Å². The molecule has 0 radical (unpaired) electrons. The van der Waals surface area contributed by atoms with Crippen LogP contribution in [0.2, 0.25) is 0 Å². The molecule has 8 aromatic carbocycles. The van der Waals surface area contributed by atoms with E-state index in [4.69, 9.17) is 4.98 Å². The molecule has 0 amide bonds. The fraction of sp³-hybridized carbons (Fsp3) is 0. The average Bonchev–Trinajstić information content (AvgIpc) is 3.78. The van der Waals surface area contributed by atoms with Gasteiger partial charge in [0.1, 0.15) is 5.82 Å². The average molecular weight is 688 g/mol. The van der Waals surface area contributed by atoms with Gasteiger partial charge in [0.2, 0.25) is 0 Å². The van der Waals surface area contributed by atoms with Crippen LogP contribution in [0.5, 0.6) is 0 Å². The van der Waals surface area contributed by atoms with Gasteiger partial charge in [-0.15, -0.1) is 0 Å². The number of hydrogen-bond acceptors (Lipinski definition) is 1. The van der Waals surface area contributed by atoms with Crippen LogP contribution in [-0.4, -0.2) is 14.1 Å². The highest BCUT2D eigenvalue weighted by molar-refractivity contribution is 6.28. The summed E-state index contributed by atoms with van der Waals surface area (Å²) in [5.41, 5.74) is 12.6. The third-order valence-corrected chi connectivity index (χ3v) is 10.9. The summed E-state index contributed by atoms with van der Waals surface area (Å²) in [5, 5.41) is 7.25. The van der Waals surface area contributed by atoms with Crippen molar-refractivity contribution in [2.45, 2.75) is 0 Å². The van der Waals surface area contributed by atoms with Crippen molar-refractivity contribution in [2.75, 3.05) is 0 Å². The van der Waals surface area contributed by atoms with Crippen LogP contribution in [0.3, 0.4) is 0 Å². The van der Waals surface area contributed by atoms with Crippen molar-refractivity contribution in [3.8, 4) is 45.0 Å². The van der Waals surface area contributed by atoms with E-state index in [0.717, 1.165) is 33.8 Å². The summed E-state index contributed by atoms with van der Waals surface area (Å²) < 4.78 is 4.89. The molecule has 3 heterocycles. The van der Waals surface area contributed by atoms with Gasteiger partial charge < -0.3 is 4.57 Å². The summed E-state index contributed by atoms with van der Waals surface area (Å²) >= 11 is 0. The second-order valence-corrected chi connectivity index (χ2v) is 14.0. The van der Waals surface area contributed by atoms with E-state index in [-0.39, 0.29) is 0 Å². The van der Waals surface area contributed by atoms with Gasteiger partial charge in [0, 0.05) is 38.2 Å². The normalized spacial score (nSPS) is 11.7. The Labute approximate surface area is 312 Å². The highest BCUT2D eigenvalue weighted by atomic mass is 15.1. The molecule has 54 heavy (non-hydrogen) atoms. The van der Waals surface area contributed by atoms with Crippen molar-refractivity contribution < 1.29 is 0 Å². The summed E-state index contributed by atoms with van der Waals surface area (Å²) in [6, 6.07) is 72.1. The van der Waals surface area contributed by atoms with E-state index >= 15 is 0 Å². The molecule has 252 valence electrons. The van der Waals surface area contributed by atoms with Gasteiger partial charge in [0.25, 0.3) is 0 Å². The van der Waals surface area contributed by atoms with Crippen LogP contribution in [0.15, 0.2) is 200 Å². The van der Waals surface area contributed by atoms with E-state index < -0.39 is 0 Å². The van der Waals surface area contributed by atoms with Crippen LogP contribution < -0.4 is 0 Å². The van der Waals surface area contributed by atoms with E-state index in [9.17, 15) is 0 Å². The molecule has 0 saturated heterocycles. The maximum atomic E-state index is 5.34. The Hall–Kier alpha value is -7.23. The fourth-order valence-corrected chi connectivity index (χ4v) is 8.47. The number of rotatable bonds is 5. The standard InChI is InChI=1S/C51H33N3/c1-4-15-34(16-5-1)38-31-39(35-17-6-2-7-18-35)33-40(32-38)53-46-24-12-10-21-41(46)43-29-27-37-28-30-44-42-22-11-13-25-47(42)54(51(44)49(37)50(43)53)48-26-14-23-45(52-48)36-19-8-3-9-20-36/h1-33H. The van der Waals surface area contributed by atoms with Crippen molar-refractivity contribution >= 4 is 54.4 Å². The molecule has 0 fully saturated rings. The van der Waals surface area contributed by atoms with Crippen molar-refractivity contribution in [1.29, 1.82) is 0 Å². The highest BCUT2D eigenvalue weighted by Gasteiger charge is 2.22. The first kappa shape index (κ1) is 30.4. The first-order chi connectivity index (χ1) is 26.8. The molecular formula is C51H33N3. The highest BCUT2D eigenvalue weighted by Crippen LogP contribution is 2.44. The maximum absolute atomic E-state index is 5.34. The lowest BCUT2D eigenvalue weighted by Crippen LogP contribution is -2.00. The minimum absolute atomic E-state index is 0.896. The lowest BCUT2D eigenvalue weighted by atomic mass is 9.97. The summed E-state index contributed by atoms with van der Waals surface area (Å²) in [6.45, 7) is 0. The molecular weight excluding hydrogens is 655 g/mol. The molecule has 0 saturated carbocycles. The van der Waals surface area contributed by atoms with Crippen LogP contribution in [0.25, 0.3) is 99.4 Å². The maximum Gasteiger partial charge on any atom is 0.138 e. The lowest BCUT2D eigenvalue weighted by molar-refractivity contribution is 1.09. The second kappa shape index (κ2) is 12.2. The number of aromatic nitrogens is 3. The Kier molecular flexibility index (Phi) is 6.86. The van der Waals surface area contributed by atoms with E-state index in [1.165, 1.54) is 65.6 Å². The molecule has 3 heteroatoms. The van der Waals surface area contributed by atoms with E-state index in [2.05, 4.69) is 209 Å². The van der Waals surface area contributed by atoms with E-state index in [0.29, 0.717) is 0 Å². The number of para-hydroxylation sites is 2. The topological polar surface area (TPSA) is 22.8 Å². The predicted molar refractivity (Wildman–Crippen MR) is 227 cm³/mol. The van der Waals surface area contributed by atoms with Gasteiger partial charge in [-0.1, -0.05) is 158 Å². The van der Waals surface area contributed by atoms with Gasteiger partial charge in [-0.2, -0.15) is 0 Å². The molecule has 0 bridgehead atoms. The Bertz CT molecular complexity index is 3130. The first-order valence-electron chi connectivity index (χ1n) is 18.5. The summed E-state index contributed by atoms with van der Waals surface area (Å²) in [4.78, 5) is 5.34. The smallest absolute Gasteiger partial charge is 0.138 e. The van der Waals surface area contributed by atoms with Crippen molar-refractivity contribution in [2.24, 2.45) is 0 Å². The zero-order chi connectivity index (χ0) is 35.6. The third-order valence-electron chi connectivity index (χ3n) is 10.9. The number of hydrogen-bond donors (Lipinski definition) is 0. The Morgan fingerprint density at radius 3 is 1.43 bits per heavy atom. The zero-order valence-electron chi connectivity index (χ0n) is 29.4. The van der Waals surface area contributed by atoms with Crippen LogP contribution in [0, 0.1) is 0 Å². The molecule has 0 aliphatic heterocycles. The largest absolute Gasteiger partial charge is 0.308 e. The van der Waals surface area contributed by atoms with Gasteiger partial charge in [0.15, 0.2) is 0 Å². The van der Waals surface area contributed by atoms with Gasteiger partial charge in [-0.05, 0) is 70.1 Å². The van der Waals surface area contributed by atoms with Gasteiger partial charge in [-0.25, -0.2) is 4.98 Å². The lowest BCUT2D eigenvalue weighted by Gasteiger charge is -2.16. The van der Waals surface area contributed by atoms with Gasteiger partial charge in [-0.3, -0.25) is 4.57 Å². The molecule has 11 rings (SSSR count). The number of benzene rings is 8. The Morgan fingerprint density at radius 1 is 0.333 bits per heavy atom. The van der Waals surface area contributed by atoms with Crippen molar-refractivity contribution in [1.82, 2.24) is 14.1 Å². The number of pyridine rings is 1. The summed E-state index contributed by atoms with van der Waals surface area (Å²) in [6.07, 6.45) is 0. The van der Waals surface area contributed by atoms with Crippen LogP contribution in [0.4, 0.5) is 0 Å². The Balaban J connectivity index is 1.30. The molecule has 11 aromatic rings. The van der Waals surface area contributed by atoms with Crippen LogP contribution in [-0.2, 0) is 0 Å². The first-order valence-corrected chi connectivity index (χ1v) is 18.5. The quantitative estimate of drug-likeness (QED) is 0.177. The SMILES string of the molecule is c1ccc(-c2cc(-c3ccccc3)cc(-n3c4ccccc4c4ccc5ccc6c7ccccc7n(-c7cccc(-c8ccccc8)n7)c6c5c43)c2)cc1. The number of nitrogens with zero attached hydrogens (tertiary/aromatic N) is 3.